The Balaban J connectivity index is 2.13. The third-order valence-corrected chi connectivity index (χ3v) is 3.57. The van der Waals surface area contributed by atoms with Crippen molar-refractivity contribution in [3.05, 3.63) is 10.6 Å². The van der Waals surface area contributed by atoms with Crippen LogP contribution in [0.2, 0.25) is 0 Å². The Morgan fingerprint density at radius 1 is 1.58 bits per heavy atom. The van der Waals surface area contributed by atoms with Crippen LogP contribution in [0.15, 0.2) is 0 Å². The normalized spacial score (nSPS) is 20.5. The van der Waals surface area contributed by atoms with Crippen LogP contribution < -0.4 is 5.73 Å². The molecule has 0 amide bonds. The molecule has 4 heteroatoms. The molecular formula is C8H13N3S. The molecule has 0 radical (unpaired) electrons. The van der Waals surface area contributed by atoms with Gasteiger partial charge in [-0.05, 0) is 37.2 Å². The van der Waals surface area contributed by atoms with Crippen molar-refractivity contribution in [3.8, 4) is 0 Å². The molecule has 1 unspecified atom stereocenters. The fourth-order valence-corrected chi connectivity index (χ4v) is 2.29. The lowest BCUT2D eigenvalue weighted by Gasteiger charge is -2.30. The number of hydrogen-bond acceptors (Lipinski definition) is 4. The first-order chi connectivity index (χ1) is 5.79. The van der Waals surface area contributed by atoms with Gasteiger partial charge >= 0.3 is 0 Å². The quantitative estimate of drug-likeness (QED) is 0.758. The van der Waals surface area contributed by atoms with Gasteiger partial charge in [-0.15, -0.1) is 5.10 Å². The molecule has 0 spiro atoms. The number of aromatic nitrogens is 2. The van der Waals surface area contributed by atoms with Gasteiger partial charge < -0.3 is 5.73 Å². The second-order valence-electron chi connectivity index (χ2n) is 3.44. The molecule has 1 atom stereocenters. The van der Waals surface area contributed by atoms with Gasteiger partial charge in [0, 0.05) is 6.04 Å². The topological polar surface area (TPSA) is 51.8 Å². The molecule has 1 saturated carbocycles. The smallest absolute Gasteiger partial charge is 0.0772 e. The molecule has 1 fully saturated rings. The maximum atomic E-state index is 6.08. The number of nitrogens with zero attached hydrogens (tertiary/aromatic N) is 2. The standard InChI is InChI=1S/C8H13N3S/c1-5-8(12-11-10-5)7(9)6-3-2-4-6/h6-7H,2-4,9H2,1H3. The summed E-state index contributed by atoms with van der Waals surface area (Å²) in [6, 6.07) is 0.193. The largest absolute Gasteiger partial charge is 0.323 e. The van der Waals surface area contributed by atoms with Crippen LogP contribution in [0.1, 0.15) is 35.9 Å². The molecule has 0 bridgehead atoms. The summed E-state index contributed by atoms with van der Waals surface area (Å²) in [5, 5.41) is 3.97. The predicted molar refractivity (Wildman–Crippen MR) is 48.9 cm³/mol. The molecule has 0 aliphatic heterocycles. The summed E-state index contributed by atoms with van der Waals surface area (Å²) in [6.07, 6.45) is 3.89. The van der Waals surface area contributed by atoms with E-state index >= 15 is 0 Å². The van der Waals surface area contributed by atoms with Gasteiger partial charge in [-0.1, -0.05) is 10.9 Å². The van der Waals surface area contributed by atoms with Gasteiger partial charge in [-0.25, -0.2) is 0 Å². The summed E-state index contributed by atoms with van der Waals surface area (Å²) in [4.78, 5) is 1.18. The van der Waals surface area contributed by atoms with Crippen molar-refractivity contribution in [1.29, 1.82) is 0 Å². The van der Waals surface area contributed by atoms with Gasteiger partial charge in [0.2, 0.25) is 0 Å². The summed E-state index contributed by atoms with van der Waals surface area (Å²) >= 11 is 1.45. The Morgan fingerprint density at radius 2 is 2.33 bits per heavy atom. The van der Waals surface area contributed by atoms with Gasteiger partial charge in [0.05, 0.1) is 10.6 Å². The van der Waals surface area contributed by atoms with Crippen molar-refractivity contribution in [2.24, 2.45) is 11.7 Å². The van der Waals surface area contributed by atoms with E-state index in [1.165, 1.54) is 35.7 Å². The molecule has 12 heavy (non-hydrogen) atoms. The molecule has 2 N–H and O–H groups in total. The minimum absolute atomic E-state index is 0.193. The SMILES string of the molecule is Cc1nnsc1C(N)C1CCC1. The van der Waals surface area contributed by atoms with Crippen LogP contribution in [0.25, 0.3) is 0 Å². The van der Waals surface area contributed by atoms with Crippen molar-refractivity contribution in [2.45, 2.75) is 32.2 Å². The predicted octanol–water partition coefficient (Wildman–Crippen LogP) is 1.65. The summed E-state index contributed by atoms with van der Waals surface area (Å²) in [6.45, 7) is 1.98. The highest BCUT2D eigenvalue weighted by molar-refractivity contribution is 7.05. The average molecular weight is 183 g/mol. The highest BCUT2D eigenvalue weighted by atomic mass is 32.1. The molecule has 1 aromatic heterocycles. The average Bonchev–Trinajstić information content (AvgIpc) is 2.31. The first-order valence-electron chi connectivity index (χ1n) is 4.33. The maximum Gasteiger partial charge on any atom is 0.0772 e. The molecular weight excluding hydrogens is 170 g/mol. The van der Waals surface area contributed by atoms with E-state index in [4.69, 9.17) is 5.73 Å². The van der Waals surface area contributed by atoms with Crippen molar-refractivity contribution < 1.29 is 0 Å². The van der Waals surface area contributed by atoms with E-state index in [1.54, 1.807) is 0 Å². The fraction of sp³-hybridized carbons (Fsp3) is 0.750. The number of rotatable bonds is 2. The van der Waals surface area contributed by atoms with Crippen molar-refractivity contribution in [2.75, 3.05) is 0 Å². The highest BCUT2D eigenvalue weighted by Crippen LogP contribution is 2.37. The summed E-state index contributed by atoms with van der Waals surface area (Å²) in [5.41, 5.74) is 7.09. The Morgan fingerprint density at radius 3 is 2.75 bits per heavy atom. The molecule has 3 nitrogen and oxygen atoms in total. The monoisotopic (exact) mass is 183 g/mol. The molecule has 0 saturated heterocycles. The first kappa shape index (κ1) is 8.13. The Hall–Kier alpha value is -0.480. The van der Waals surface area contributed by atoms with E-state index in [1.807, 2.05) is 6.92 Å². The Kier molecular flexibility index (Phi) is 2.11. The zero-order valence-electron chi connectivity index (χ0n) is 7.16. The van der Waals surface area contributed by atoms with Crippen LogP contribution in [0.3, 0.4) is 0 Å². The minimum Gasteiger partial charge on any atom is -0.323 e. The van der Waals surface area contributed by atoms with Crippen molar-refractivity contribution in [1.82, 2.24) is 9.59 Å². The van der Waals surface area contributed by atoms with E-state index in [9.17, 15) is 0 Å². The lowest BCUT2D eigenvalue weighted by Crippen LogP contribution is -2.26. The van der Waals surface area contributed by atoms with Crippen LogP contribution >= 0.6 is 11.5 Å². The second kappa shape index (κ2) is 3.11. The van der Waals surface area contributed by atoms with E-state index in [0.717, 1.165) is 5.69 Å². The van der Waals surface area contributed by atoms with E-state index < -0.39 is 0 Å². The first-order valence-corrected chi connectivity index (χ1v) is 5.11. The Labute approximate surface area is 76.1 Å². The van der Waals surface area contributed by atoms with Crippen LogP contribution in [0.5, 0.6) is 0 Å². The maximum absolute atomic E-state index is 6.08. The molecule has 66 valence electrons. The van der Waals surface area contributed by atoms with Crippen LogP contribution in [0.4, 0.5) is 0 Å². The van der Waals surface area contributed by atoms with E-state index in [0.29, 0.717) is 5.92 Å². The van der Waals surface area contributed by atoms with Gasteiger partial charge in [0.1, 0.15) is 0 Å². The summed E-state index contributed by atoms with van der Waals surface area (Å²) < 4.78 is 3.90. The molecule has 2 rings (SSSR count). The molecule has 0 aromatic carbocycles. The number of aryl methyl sites for hydroxylation is 1. The van der Waals surface area contributed by atoms with E-state index in [2.05, 4.69) is 9.59 Å². The zero-order valence-corrected chi connectivity index (χ0v) is 7.97. The Bertz CT molecular complexity index is 267. The van der Waals surface area contributed by atoms with Gasteiger partial charge in [-0.3, -0.25) is 0 Å². The van der Waals surface area contributed by atoms with Gasteiger partial charge in [-0.2, -0.15) is 0 Å². The summed E-state index contributed by atoms with van der Waals surface area (Å²) in [7, 11) is 0. The van der Waals surface area contributed by atoms with Crippen LogP contribution in [-0.2, 0) is 0 Å². The molecule has 1 aliphatic rings. The van der Waals surface area contributed by atoms with Gasteiger partial charge in [0.25, 0.3) is 0 Å². The third-order valence-electron chi connectivity index (χ3n) is 2.65. The zero-order chi connectivity index (χ0) is 8.55. The number of nitrogens with two attached hydrogens (primary N) is 1. The summed E-state index contributed by atoms with van der Waals surface area (Å²) in [5.74, 6) is 0.686. The lowest BCUT2D eigenvalue weighted by molar-refractivity contribution is 0.266. The lowest BCUT2D eigenvalue weighted by atomic mass is 9.79. The molecule has 1 heterocycles. The molecule has 1 aliphatic carbocycles. The third kappa shape index (κ3) is 1.25. The highest BCUT2D eigenvalue weighted by Gasteiger charge is 2.27. The minimum atomic E-state index is 0.193. The number of hydrogen-bond donors (Lipinski definition) is 1. The van der Waals surface area contributed by atoms with Crippen molar-refractivity contribution in [3.63, 3.8) is 0 Å². The van der Waals surface area contributed by atoms with Crippen molar-refractivity contribution >= 4 is 11.5 Å². The fourth-order valence-electron chi connectivity index (χ4n) is 1.56. The van der Waals surface area contributed by atoms with Gasteiger partial charge in [0.15, 0.2) is 0 Å². The van der Waals surface area contributed by atoms with Crippen LogP contribution in [-0.4, -0.2) is 9.59 Å². The van der Waals surface area contributed by atoms with Crippen LogP contribution in [0, 0.1) is 12.8 Å². The second-order valence-corrected chi connectivity index (χ2v) is 4.23. The molecule has 1 aromatic rings. The van der Waals surface area contributed by atoms with E-state index in [-0.39, 0.29) is 6.04 Å².